The topological polar surface area (TPSA) is 60.1 Å². The number of nitrogen functional groups attached to an aromatic ring is 1. The van der Waals surface area contributed by atoms with Gasteiger partial charge in [-0.3, -0.25) is 5.84 Å². The summed E-state index contributed by atoms with van der Waals surface area (Å²) in [4.78, 5) is 4.30. The molecule has 0 saturated carbocycles. The normalized spacial score (nSPS) is 11.0. The van der Waals surface area contributed by atoms with E-state index in [-0.39, 0.29) is 0 Å². The summed E-state index contributed by atoms with van der Waals surface area (Å²) in [6.45, 7) is 5.77. The standard InChI is InChI=1S/C8H12N5/c1-5-4-6(2)13-8(10-5)12(9)7(3)11-13/h4H,9H2,1-3H3/q+1. The van der Waals surface area contributed by atoms with E-state index in [1.54, 1.807) is 4.52 Å². The third-order valence-electron chi connectivity index (χ3n) is 2.03. The van der Waals surface area contributed by atoms with Crippen LogP contribution in [0, 0.1) is 20.8 Å². The highest BCUT2D eigenvalue weighted by atomic mass is 15.5. The van der Waals surface area contributed by atoms with Gasteiger partial charge in [-0.15, -0.1) is 9.66 Å². The molecule has 13 heavy (non-hydrogen) atoms. The van der Waals surface area contributed by atoms with Gasteiger partial charge >= 0.3 is 5.78 Å². The van der Waals surface area contributed by atoms with E-state index in [0.717, 1.165) is 17.2 Å². The molecule has 0 bridgehead atoms. The van der Waals surface area contributed by atoms with Crippen LogP contribution in [0.1, 0.15) is 17.2 Å². The zero-order valence-electron chi connectivity index (χ0n) is 7.94. The highest BCUT2D eigenvalue weighted by Gasteiger charge is 2.17. The van der Waals surface area contributed by atoms with Crippen molar-refractivity contribution >= 4 is 5.78 Å². The molecule has 0 aliphatic rings. The summed E-state index contributed by atoms with van der Waals surface area (Å²) in [7, 11) is 0. The van der Waals surface area contributed by atoms with Gasteiger partial charge in [0.25, 0.3) is 5.82 Å². The summed E-state index contributed by atoms with van der Waals surface area (Å²) >= 11 is 0. The molecular formula is C8H12N5+. The molecule has 2 aromatic heterocycles. The van der Waals surface area contributed by atoms with E-state index in [1.165, 1.54) is 4.68 Å². The predicted molar refractivity (Wildman–Crippen MR) is 47.5 cm³/mol. The number of rotatable bonds is 0. The van der Waals surface area contributed by atoms with E-state index in [4.69, 9.17) is 5.84 Å². The monoisotopic (exact) mass is 178 g/mol. The smallest absolute Gasteiger partial charge is 0.298 e. The maximum Gasteiger partial charge on any atom is 0.408 e. The summed E-state index contributed by atoms with van der Waals surface area (Å²) in [6, 6.07) is 1.97. The fourth-order valence-electron chi connectivity index (χ4n) is 1.38. The van der Waals surface area contributed by atoms with E-state index >= 15 is 0 Å². The number of aryl methyl sites for hydroxylation is 3. The summed E-state index contributed by atoms with van der Waals surface area (Å²) in [5, 5.41) is 4.25. The van der Waals surface area contributed by atoms with Gasteiger partial charge in [0.1, 0.15) is 11.4 Å². The fraction of sp³-hybridized carbons (Fsp3) is 0.375. The molecule has 5 heteroatoms. The van der Waals surface area contributed by atoms with Crippen LogP contribution >= 0.6 is 0 Å². The third kappa shape index (κ3) is 1.04. The van der Waals surface area contributed by atoms with Crippen LogP contribution in [0.2, 0.25) is 0 Å². The number of aromatic nitrogens is 4. The minimum absolute atomic E-state index is 0.676. The summed E-state index contributed by atoms with van der Waals surface area (Å²) < 4.78 is 3.22. The fourth-order valence-corrected chi connectivity index (χ4v) is 1.38. The van der Waals surface area contributed by atoms with Gasteiger partial charge in [0.15, 0.2) is 0 Å². The zero-order valence-corrected chi connectivity index (χ0v) is 7.94. The van der Waals surface area contributed by atoms with Crippen LogP contribution in [0.25, 0.3) is 5.78 Å². The van der Waals surface area contributed by atoms with Crippen molar-refractivity contribution < 1.29 is 4.68 Å². The Hall–Kier alpha value is -1.65. The molecule has 5 nitrogen and oxygen atoms in total. The molecule has 0 aliphatic heterocycles. The van der Waals surface area contributed by atoms with Gasteiger partial charge in [-0.05, 0) is 13.8 Å². The van der Waals surface area contributed by atoms with Crippen LogP contribution in [-0.4, -0.2) is 14.6 Å². The molecule has 2 aromatic rings. The van der Waals surface area contributed by atoms with Crippen molar-refractivity contribution in [3.63, 3.8) is 0 Å². The van der Waals surface area contributed by atoms with Crippen molar-refractivity contribution in [1.82, 2.24) is 14.6 Å². The Kier molecular flexibility index (Phi) is 1.48. The molecule has 0 saturated heterocycles. The molecule has 0 spiro atoms. The van der Waals surface area contributed by atoms with Crippen LogP contribution < -0.4 is 10.5 Å². The third-order valence-corrected chi connectivity index (χ3v) is 2.03. The van der Waals surface area contributed by atoms with Gasteiger partial charge in [-0.2, -0.15) is 0 Å². The lowest BCUT2D eigenvalue weighted by atomic mass is 10.4. The molecule has 0 atom stereocenters. The average molecular weight is 178 g/mol. The van der Waals surface area contributed by atoms with Crippen molar-refractivity contribution in [3.8, 4) is 0 Å². The predicted octanol–water partition coefficient (Wildman–Crippen LogP) is -0.344. The largest absolute Gasteiger partial charge is 0.408 e. The second-order valence-corrected chi connectivity index (χ2v) is 3.17. The Bertz CT molecular complexity index is 471. The lowest BCUT2D eigenvalue weighted by Crippen LogP contribution is -2.46. The molecule has 0 radical (unpaired) electrons. The van der Waals surface area contributed by atoms with Crippen molar-refractivity contribution in [3.05, 3.63) is 23.3 Å². The van der Waals surface area contributed by atoms with E-state index in [1.807, 2.05) is 26.8 Å². The average Bonchev–Trinajstić information content (AvgIpc) is 2.32. The molecule has 0 aromatic carbocycles. The Morgan fingerprint density at radius 2 is 2.08 bits per heavy atom. The van der Waals surface area contributed by atoms with Crippen LogP contribution in [0.3, 0.4) is 0 Å². The van der Waals surface area contributed by atoms with Crippen LogP contribution in [0.15, 0.2) is 6.07 Å². The number of nitrogens with zero attached hydrogens (tertiary/aromatic N) is 4. The molecule has 0 unspecified atom stereocenters. The van der Waals surface area contributed by atoms with Gasteiger partial charge in [-0.25, -0.2) is 0 Å². The number of hydrogen-bond acceptors (Lipinski definition) is 3. The van der Waals surface area contributed by atoms with Crippen LogP contribution in [0.4, 0.5) is 0 Å². The highest BCUT2D eigenvalue weighted by molar-refractivity contribution is 5.24. The second-order valence-electron chi connectivity index (χ2n) is 3.17. The Labute approximate surface area is 75.8 Å². The second kappa shape index (κ2) is 2.42. The first-order valence-corrected chi connectivity index (χ1v) is 4.10. The van der Waals surface area contributed by atoms with E-state index in [0.29, 0.717) is 5.78 Å². The Balaban J connectivity index is 2.94. The zero-order chi connectivity index (χ0) is 9.59. The van der Waals surface area contributed by atoms with Crippen LogP contribution in [-0.2, 0) is 0 Å². The summed E-state index contributed by atoms with van der Waals surface area (Å²) in [6.07, 6.45) is 0. The number of fused-ring (bicyclic) bond motifs is 1. The number of hydrogen-bond donors (Lipinski definition) is 1. The first-order valence-electron chi connectivity index (χ1n) is 4.10. The highest BCUT2D eigenvalue weighted by Crippen LogP contribution is 2.02. The van der Waals surface area contributed by atoms with Crippen molar-refractivity contribution in [2.24, 2.45) is 0 Å². The molecule has 0 amide bonds. The minimum Gasteiger partial charge on any atom is -0.298 e. The van der Waals surface area contributed by atoms with Crippen LogP contribution in [0.5, 0.6) is 0 Å². The molecule has 2 N–H and O–H groups in total. The van der Waals surface area contributed by atoms with E-state index in [2.05, 4.69) is 10.1 Å². The SMILES string of the molecule is Cc1cc(C)n2nc(C)[n+](N)c2n1. The first-order chi connectivity index (χ1) is 6.09. The lowest BCUT2D eigenvalue weighted by Gasteiger charge is -1.91. The first kappa shape index (κ1) is 7.97. The van der Waals surface area contributed by atoms with Gasteiger partial charge in [0.2, 0.25) is 0 Å². The Morgan fingerprint density at radius 1 is 1.38 bits per heavy atom. The van der Waals surface area contributed by atoms with Crippen molar-refractivity contribution in [2.45, 2.75) is 20.8 Å². The van der Waals surface area contributed by atoms with E-state index in [9.17, 15) is 0 Å². The lowest BCUT2D eigenvalue weighted by molar-refractivity contribution is -0.621. The van der Waals surface area contributed by atoms with Gasteiger partial charge in [-0.1, -0.05) is 4.52 Å². The molecule has 0 fully saturated rings. The summed E-state index contributed by atoms with van der Waals surface area (Å²) in [5.74, 6) is 7.17. The number of nitrogens with two attached hydrogens (primary N) is 1. The molecular weight excluding hydrogens is 166 g/mol. The molecule has 2 rings (SSSR count). The van der Waals surface area contributed by atoms with Gasteiger partial charge in [0, 0.05) is 18.1 Å². The molecule has 68 valence electrons. The van der Waals surface area contributed by atoms with E-state index < -0.39 is 0 Å². The molecule has 0 aliphatic carbocycles. The Morgan fingerprint density at radius 3 is 2.77 bits per heavy atom. The van der Waals surface area contributed by atoms with Gasteiger partial charge < -0.3 is 0 Å². The minimum atomic E-state index is 0.676. The maximum absolute atomic E-state index is 5.75. The van der Waals surface area contributed by atoms with Crippen molar-refractivity contribution in [2.75, 3.05) is 5.84 Å². The van der Waals surface area contributed by atoms with Crippen molar-refractivity contribution in [1.29, 1.82) is 0 Å². The van der Waals surface area contributed by atoms with Gasteiger partial charge in [0.05, 0.1) is 0 Å². The molecule has 2 heterocycles. The quantitative estimate of drug-likeness (QED) is 0.443. The summed E-state index contributed by atoms with van der Waals surface area (Å²) in [5.41, 5.74) is 1.99. The maximum atomic E-state index is 5.75.